The maximum Gasteiger partial charge on any atom is 0.251 e. The van der Waals surface area contributed by atoms with Gasteiger partial charge in [-0.1, -0.05) is 23.9 Å². The van der Waals surface area contributed by atoms with E-state index in [0.29, 0.717) is 29.1 Å². The number of oxazole rings is 1. The normalized spacial score (nSPS) is 10.8. The molecule has 130 valence electrons. The van der Waals surface area contributed by atoms with Gasteiger partial charge in [0.1, 0.15) is 11.5 Å². The standard InChI is InChI=1S/C18H19N3O3S/c1-4-23-15-8-6-5-7-13(15)17-20-14(12(3)24-17)10-25-18-19-11(2)9-16(22)21-18/h5-9H,4,10H2,1-3H3,(H,19,21,22). The van der Waals surface area contributed by atoms with E-state index in [2.05, 4.69) is 15.0 Å². The van der Waals surface area contributed by atoms with Crippen molar-refractivity contribution < 1.29 is 9.15 Å². The number of hydrogen-bond acceptors (Lipinski definition) is 6. The highest BCUT2D eigenvalue weighted by Crippen LogP contribution is 2.31. The molecule has 2 heterocycles. The Bertz CT molecular complexity index is 933. The monoisotopic (exact) mass is 357 g/mol. The summed E-state index contributed by atoms with van der Waals surface area (Å²) in [5.41, 5.74) is 2.17. The molecule has 0 amide bonds. The zero-order chi connectivity index (χ0) is 17.8. The Morgan fingerprint density at radius 3 is 2.80 bits per heavy atom. The van der Waals surface area contributed by atoms with Crippen molar-refractivity contribution in [2.45, 2.75) is 31.7 Å². The lowest BCUT2D eigenvalue weighted by atomic mass is 10.2. The second-order valence-corrected chi connectivity index (χ2v) is 6.40. The molecule has 0 radical (unpaired) electrons. The molecule has 2 aromatic heterocycles. The Morgan fingerprint density at radius 2 is 2.04 bits per heavy atom. The number of hydrogen-bond donors (Lipinski definition) is 1. The number of aromatic nitrogens is 3. The quantitative estimate of drug-likeness (QED) is 0.535. The van der Waals surface area contributed by atoms with Crippen molar-refractivity contribution in [1.82, 2.24) is 15.0 Å². The Kier molecular flexibility index (Phi) is 5.23. The van der Waals surface area contributed by atoms with E-state index in [1.54, 1.807) is 6.92 Å². The molecule has 25 heavy (non-hydrogen) atoms. The molecular formula is C18H19N3O3S. The largest absolute Gasteiger partial charge is 0.493 e. The number of rotatable bonds is 6. The van der Waals surface area contributed by atoms with Gasteiger partial charge in [0.15, 0.2) is 5.16 Å². The van der Waals surface area contributed by atoms with E-state index < -0.39 is 0 Å². The highest BCUT2D eigenvalue weighted by molar-refractivity contribution is 7.98. The van der Waals surface area contributed by atoms with Crippen LogP contribution in [-0.2, 0) is 5.75 Å². The van der Waals surface area contributed by atoms with Gasteiger partial charge in [0.2, 0.25) is 5.89 Å². The van der Waals surface area contributed by atoms with Crippen LogP contribution in [0.15, 0.2) is 44.7 Å². The van der Waals surface area contributed by atoms with Crippen LogP contribution in [0.2, 0.25) is 0 Å². The molecule has 0 saturated heterocycles. The number of para-hydroxylation sites is 1. The minimum Gasteiger partial charge on any atom is -0.493 e. The first-order valence-corrected chi connectivity index (χ1v) is 8.94. The van der Waals surface area contributed by atoms with Gasteiger partial charge in [-0.05, 0) is 32.9 Å². The zero-order valence-electron chi connectivity index (χ0n) is 14.3. The van der Waals surface area contributed by atoms with E-state index >= 15 is 0 Å². The lowest BCUT2D eigenvalue weighted by Gasteiger charge is -2.06. The molecule has 0 saturated carbocycles. The van der Waals surface area contributed by atoms with Gasteiger partial charge in [0.25, 0.3) is 5.56 Å². The van der Waals surface area contributed by atoms with Gasteiger partial charge in [-0.3, -0.25) is 4.79 Å². The molecule has 0 spiro atoms. The summed E-state index contributed by atoms with van der Waals surface area (Å²) in [6.07, 6.45) is 0. The minimum absolute atomic E-state index is 0.154. The molecule has 0 fully saturated rings. The second kappa shape index (κ2) is 7.57. The molecule has 0 aliphatic heterocycles. The van der Waals surface area contributed by atoms with Crippen LogP contribution in [0.5, 0.6) is 5.75 Å². The van der Waals surface area contributed by atoms with Crippen molar-refractivity contribution in [1.29, 1.82) is 0 Å². The van der Waals surface area contributed by atoms with Gasteiger partial charge < -0.3 is 14.1 Å². The predicted molar refractivity (Wildman–Crippen MR) is 97.0 cm³/mol. The summed E-state index contributed by atoms with van der Waals surface area (Å²) in [7, 11) is 0. The summed E-state index contributed by atoms with van der Waals surface area (Å²) < 4.78 is 11.5. The van der Waals surface area contributed by atoms with Crippen LogP contribution in [0, 0.1) is 13.8 Å². The molecule has 0 aliphatic rings. The number of ether oxygens (including phenoxy) is 1. The topological polar surface area (TPSA) is 81.0 Å². The summed E-state index contributed by atoms with van der Waals surface area (Å²) >= 11 is 1.42. The highest BCUT2D eigenvalue weighted by Gasteiger charge is 2.15. The van der Waals surface area contributed by atoms with Gasteiger partial charge >= 0.3 is 0 Å². The van der Waals surface area contributed by atoms with Crippen LogP contribution in [0.1, 0.15) is 24.1 Å². The van der Waals surface area contributed by atoms with E-state index in [9.17, 15) is 4.79 Å². The number of benzene rings is 1. The SMILES string of the molecule is CCOc1ccccc1-c1nc(CSc2nc(C)cc(=O)[nH]2)c(C)o1. The van der Waals surface area contributed by atoms with Crippen LogP contribution >= 0.6 is 11.8 Å². The van der Waals surface area contributed by atoms with Gasteiger partial charge in [-0.15, -0.1) is 0 Å². The first-order valence-electron chi connectivity index (χ1n) is 7.96. The number of aromatic amines is 1. The number of nitrogens with zero attached hydrogens (tertiary/aromatic N) is 2. The van der Waals surface area contributed by atoms with Crippen molar-refractivity contribution in [3.8, 4) is 17.2 Å². The number of H-pyrrole nitrogens is 1. The van der Waals surface area contributed by atoms with E-state index in [1.807, 2.05) is 38.1 Å². The van der Waals surface area contributed by atoms with Crippen LogP contribution in [-0.4, -0.2) is 21.6 Å². The lowest BCUT2D eigenvalue weighted by Crippen LogP contribution is -2.08. The smallest absolute Gasteiger partial charge is 0.251 e. The predicted octanol–water partition coefficient (Wildman–Crippen LogP) is 3.73. The van der Waals surface area contributed by atoms with Gasteiger partial charge in [0.05, 0.1) is 17.9 Å². The first-order chi connectivity index (χ1) is 12.1. The number of thioether (sulfide) groups is 1. The zero-order valence-corrected chi connectivity index (χ0v) is 15.1. The average Bonchev–Trinajstić information content (AvgIpc) is 2.94. The Hall–Kier alpha value is -2.54. The maximum absolute atomic E-state index is 11.5. The summed E-state index contributed by atoms with van der Waals surface area (Å²) in [6, 6.07) is 9.13. The molecule has 0 aliphatic carbocycles. The fourth-order valence-corrected chi connectivity index (χ4v) is 3.28. The van der Waals surface area contributed by atoms with Crippen LogP contribution in [0.4, 0.5) is 0 Å². The van der Waals surface area contributed by atoms with Crippen molar-refractivity contribution in [3.63, 3.8) is 0 Å². The molecule has 1 N–H and O–H groups in total. The lowest BCUT2D eigenvalue weighted by molar-refractivity contribution is 0.340. The molecule has 6 nitrogen and oxygen atoms in total. The van der Waals surface area contributed by atoms with Gasteiger partial charge in [-0.25, -0.2) is 9.97 Å². The molecule has 0 bridgehead atoms. The minimum atomic E-state index is -0.154. The fraction of sp³-hybridized carbons (Fsp3) is 0.278. The molecular weight excluding hydrogens is 338 g/mol. The van der Waals surface area contributed by atoms with Crippen molar-refractivity contribution in [2.75, 3.05) is 6.61 Å². The van der Waals surface area contributed by atoms with Crippen LogP contribution < -0.4 is 10.3 Å². The van der Waals surface area contributed by atoms with Crippen molar-refractivity contribution in [2.24, 2.45) is 0 Å². The second-order valence-electron chi connectivity index (χ2n) is 5.43. The van der Waals surface area contributed by atoms with Crippen LogP contribution in [0.3, 0.4) is 0 Å². The first kappa shape index (κ1) is 17.3. The molecule has 0 atom stereocenters. The molecule has 3 aromatic rings. The Balaban J connectivity index is 1.82. The van der Waals surface area contributed by atoms with Crippen molar-refractivity contribution in [3.05, 3.63) is 57.8 Å². The molecule has 7 heteroatoms. The van der Waals surface area contributed by atoms with E-state index in [-0.39, 0.29) is 5.56 Å². The van der Waals surface area contributed by atoms with Crippen molar-refractivity contribution >= 4 is 11.8 Å². The third kappa shape index (κ3) is 4.11. The van der Waals surface area contributed by atoms with E-state index in [1.165, 1.54) is 17.8 Å². The summed E-state index contributed by atoms with van der Waals surface area (Å²) in [4.78, 5) is 23.1. The average molecular weight is 357 g/mol. The van der Waals surface area contributed by atoms with Gasteiger partial charge in [-0.2, -0.15) is 0 Å². The maximum atomic E-state index is 11.5. The Morgan fingerprint density at radius 1 is 1.24 bits per heavy atom. The number of aryl methyl sites for hydroxylation is 2. The third-order valence-electron chi connectivity index (χ3n) is 3.50. The molecule has 3 rings (SSSR count). The summed E-state index contributed by atoms with van der Waals surface area (Å²) in [6.45, 7) is 6.19. The van der Waals surface area contributed by atoms with E-state index in [0.717, 1.165) is 22.8 Å². The fourth-order valence-electron chi connectivity index (χ4n) is 2.36. The van der Waals surface area contributed by atoms with E-state index in [4.69, 9.17) is 9.15 Å². The molecule has 0 unspecified atom stereocenters. The Labute approximate surface area is 149 Å². The summed E-state index contributed by atoms with van der Waals surface area (Å²) in [5.74, 6) is 2.57. The molecule has 1 aromatic carbocycles. The van der Waals surface area contributed by atoms with Crippen LogP contribution in [0.25, 0.3) is 11.5 Å². The third-order valence-corrected chi connectivity index (χ3v) is 4.39. The summed E-state index contributed by atoms with van der Waals surface area (Å²) in [5, 5.41) is 0.573. The highest BCUT2D eigenvalue weighted by atomic mass is 32.2. The van der Waals surface area contributed by atoms with Gasteiger partial charge in [0, 0.05) is 17.5 Å². The number of nitrogens with one attached hydrogen (secondary N) is 1.